The van der Waals surface area contributed by atoms with Crippen molar-refractivity contribution >= 4 is 6.03 Å². The Morgan fingerprint density at radius 2 is 1.75 bits per heavy atom. The van der Waals surface area contributed by atoms with Crippen LogP contribution in [0.2, 0.25) is 0 Å². The van der Waals surface area contributed by atoms with Crippen LogP contribution >= 0.6 is 0 Å². The summed E-state index contributed by atoms with van der Waals surface area (Å²) in [5.74, 6) is 0. The molecule has 16 heavy (non-hydrogen) atoms. The van der Waals surface area contributed by atoms with Gasteiger partial charge in [0.25, 0.3) is 0 Å². The molecule has 2 fully saturated rings. The van der Waals surface area contributed by atoms with E-state index >= 15 is 0 Å². The summed E-state index contributed by atoms with van der Waals surface area (Å²) in [6.45, 7) is 1.82. The fourth-order valence-corrected chi connectivity index (χ4v) is 2.69. The molecule has 2 atom stereocenters. The average Bonchev–Trinajstić information content (AvgIpc) is 2.73. The van der Waals surface area contributed by atoms with E-state index in [1.54, 1.807) is 0 Å². The standard InChI is InChI=1S/C12H23N3O/c13-10-6-2-1-3-7-11(10)14-12(16)15-8-4-5-9-15/h10-11H,1-9,13H2,(H,14,16). The van der Waals surface area contributed by atoms with E-state index in [4.69, 9.17) is 5.73 Å². The van der Waals surface area contributed by atoms with Gasteiger partial charge in [0, 0.05) is 25.2 Å². The van der Waals surface area contributed by atoms with Crippen LogP contribution in [0, 0.1) is 0 Å². The molecule has 0 aromatic carbocycles. The summed E-state index contributed by atoms with van der Waals surface area (Å²) in [6, 6.07) is 0.435. The van der Waals surface area contributed by atoms with E-state index in [1.165, 1.54) is 19.3 Å². The summed E-state index contributed by atoms with van der Waals surface area (Å²) in [5.41, 5.74) is 6.09. The molecule has 1 heterocycles. The summed E-state index contributed by atoms with van der Waals surface area (Å²) in [5, 5.41) is 3.11. The SMILES string of the molecule is NC1CCCCCC1NC(=O)N1CCCC1. The molecular weight excluding hydrogens is 202 g/mol. The minimum absolute atomic E-state index is 0.0971. The van der Waals surface area contributed by atoms with Gasteiger partial charge in [-0.25, -0.2) is 4.79 Å². The number of rotatable bonds is 1. The lowest BCUT2D eigenvalue weighted by atomic mass is 10.0. The van der Waals surface area contributed by atoms with Crippen LogP contribution in [-0.4, -0.2) is 36.1 Å². The molecule has 2 unspecified atom stereocenters. The van der Waals surface area contributed by atoms with Gasteiger partial charge in [-0.05, 0) is 25.7 Å². The van der Waals surface area contributed by atoms with Gasteiger partial charge < -0.3 is 16.0 Å². The number of hydrogen-bond donors (Lipinski definition) is 2. The molecule has 4 nitrogen and oxygen atoms in total. The van der Waals surface area contributed by atoms with Gasteiger partial charge >= 0.3 is 6.03 Å². The summed E-state index contributed by atoms with van der Waals surface area (Å²) in [4.78, 5) is 13.8. The van der Waals surface area contributed by atoms with E-state index in [0.29, 0.717) is 0 Å². The third-order valence-electron chi connectivity index (χ3n) is 3.77. The fourth-order valence-electron chi connectivity index (χ4n) is 2.69. The number of likely N-dealkylation sites (tertiary alicyclic amines) is 1. The van der Waals surface area contributed by atoms with Crippen molar-refractivity contribution in [2.75, 3.05) is 13.1 Å². The second-order valence-corrected chi connectivity index (χ2v) is 5.05. The molecule has 1 saturated carbocycles. The average molecular weight is 225 g/mol. The van der Waals surface area contributed by atoms with Crippen LogP contribution in [0.15, 0.2) is 0 Å². The Balaban J connectivity index is 1.84. The molecule has 1 aliphatic carbocycles. The van der Waals surface area contributed by atoms with Crippen molar-refractivity contribution in [1.82, 2.24) is 10.2 Å². The summed E-state index contributed by atoms with van der Waals surface area (Å²) < 4.78 is 0. The molecule has 0 bridgehead atoms. The molecule has 0 radical (unpaired) electrons. The molecule has 3 N–H and O–H groups in total. The van der Waals surface area contributed by atoms with Gasteiger partial charge in [-0.3, -0.25) is 0 Å². The lowest BCUT2D eigenvalue weighted by molar-refractivity contribution is 0.201. The van der Waals surface area contributed by atoms with Gasteiger partial charge in [-0.2, -0.15) is 0 Å². The highest BCUT2D eigenvalue weighted by molar-refractivity contribution is 5.74. The van der Waals surface area contributed by atoms with Gasteiger partial charge in [0.2, 0.25) is 0 Å². The molecular formula is C12H23N3O. The van der Waals surface area contributed by atoms with Crippen molar-refractivity contribution in [3.8, 4) is 0 Å². The van der Waals surface area contributed by atoms with E-state index in [9.17, 15) is 4.79 Å². The van der Waals surface area contributed by atoms with Crippen LogP contribution in [0.4, 0.5) is 4.79 Å². The van der Waals surface area contributed by atoms with Crippen LogP contribution in [0.5, 0.6) is 0 Å². The Morgan fingerprint density at radius 1 is 1.06 bits per heavy atom. The highest BCUT2D eigenvalue weighted by atomic mass is 16.2. The van der Waals surface area contributed by atoms with Crippen molar-refractivity contribution in [3.05, 3.63) is 0 Å². The number of hydrogen-bond acceptors (Lipinski definition) is 2. The van der Waals surface area contributed by atoms with Crippen molar-refractivity contribution in [3.63, 3.8) is 0 Å². The molecule has 2 aliphatic rings. The third-order valence-corrected chi connectivity index (χ3v) is 3.77. The van der Waals surface area contributed by atoms with E-state index in [2.05, 4.69) is 5.32 Å². The molecule has 0 aromatic heterocycles. The molecule has 0 aromatic rings. The predicted molar refractivity (Wildman–Crippen MR) is 64.2 cm³/mol. The number of urea groups is 1. The first-order chi connectivity index (χ1) is 7.77. The van der Waals surface area contributed by atoms with Crippen molar-refractivity contribution < 1.29 is 4.79 Å². The van der Waals surface area contributed by atoms with Crippen molar-refractivity contribution in [1.29, 1.82) is 0 Å². The predicted octanol–water partition coefficient (Wildman–Crippen LogP) is 1.45. The molecule has 1 aliphatic heterocycles. The van der Waals surface area contributed by atoms with Gasteiger partial charge in [0.1, 0.15) is 0 Å². The van der Waals surface area contributed by atoms with E-state index in [1.807, 2.05) is 4.90 Å². The van der Waals surface area contributed by atoms with Gasteiger partial charge in [-0.15, -0.1) is 0 Å². The largest absolute Gasteiger partial charge is 0.334 e. The van der Waals surface area contributed by atoms with Crippen molar-refractivity contribution in [2.24, 2.45) is 5.73 Å². The Kier molecular flexibility index (Phi) is 4.04. The van der Waals surface area contributed by atoms with E-state index in [-0.39, 0.29) is 18.1 Å². The van der Waals surface area contributed by atoms with Crippen LogP contribution in [-0.2, 0) is 0 Å². The maximum atomic E-state index is 11.9. The van der Waals surface area contributed by atoms with Crippen LogP contribution < -0.4 is 11.1 Å². The van der Waals surface area contributed by atoms with Crippen LogP contribution in [0.1, 0.15) is 44.9 Å². The summed E-state index contributed by atoms with van der Waals surface area (Å²) in [7, 11) is 0. The molecule has 2 rings (SSSR count). The number of carbonyl (C=O) groups excluding carboxylic acids is 1. The highest BCUT2D eigenvalue weighted by Gasteiger charge is 2.25. The third kappa shape index (κ3) is 2.88. The Morgan fingerprint density at radius 3 is 2.50 bits per heavy atom. The maximum Gasteiger partial charge on any atom is 0.317 e. The van der Waals surface area contributed by atoms with E-state index < -0.39 is 0 Å². The number of carbonyl (C=O) groups is 1. The second-order valence-electron chi connectivity index (χ2n) is 5.05. The molecule has 1 saturated heterocycles. The van der Waals surface area contributed by atoms with Crippen molar-refractivity contribution in [2.45, 2.75) is 57.0 Å². The monoisotopic (exact) mass is 225 g/mol. The lowest BCUT2D eigenvalue weighted by Crippen LogP contribution is -2.50. The molecule has 0 spiro atoms. The van der Waals surface area contributed by atoms with Gasteiger partial charge in [0.15, 0.2) is 0 Å². The first-order valence-electron chi connectivity index (χ1n) is 6.58. The second kappa shape index (κ2) is 5.53. The first kappa shape index (κ1) is 11.7. The highest BCUT2D eigenvalue weighted by Crippen LogP contribution is 2.17. The van der Waals surface area contributed by atoms with Gasteiger partial charge in [0.05, 0.1) is 0 Å². The van der Waals surface area contributed by atoms with Crippen LogP contribution in [0.3, 0.4) is 0 Å². The maximum absolute atomic E-state index is 11.9. The zero-order valence-electron chi connectivity index (χ0n) is 9.95. The van der Waals surface area contributed by atoms with Gasteiger partial charge in [-0.1, -0.05) is 19.3 Å². The zero-order chi connectivity index (χ0) is 11.4. The Hall–Kier alpha value is -0.770. The number of amides is 2. The molecule has 4 heteroatoms. The van der Waals surface area contributed by atoms with E-state index in [0.717, 1.165) is 38.8 Å². The normalized spacial score (nSPS) is 31.2. The minimum Gasteiger partial charge on any atom is -0.334 e. The number of nitrogens with one attached hydrogen (secondary N) is 1. The first-order valence-corrected chi connectivity index (χ1v) is 6.58. The Labute approximate surface area is 97.6 Å². The minimum atomic E-state index is 0.0971. The number of nitrogens with two attached hydrogens (primary N) is 1. The molecule has 2 amide bonds. The Bertz CT molecular complexity index is 238. The fraction of sp³-hybridized carbons (Fsp3) is 0.917. The molecule has 92 valence electrons. The quantitative estimate of drug-likeness (QED) is 0.664. The summed E-state index contributed by atoms with van der Waals surface area (Å²) in [6.07, 6.45) is 8.03. The summed E-state index contributed by atoms with van der Waals surface area (Å²) >= 11 is 0. The topological polar surface area (TPSA) is 58.4 Å². The van der Waals surface area contributed by atoms with Crippen LogP contribution in [0.25, 0.3) is 0 Å². The number of nitrogens with zero attached hydrogens (tertiary/aromatic N) is 1. The lowest BCUT2D eigenvalue weighted by Gasteiger charge is -2.26. The zero-order valence-corrected chi connectivity index (χ0v) is 9.95. The smallest absolute Gasteiger partial charge is 0.317 e.